The fourth-order valence-electron chi connectivity index (χ4n) is 5.08. The molecule has 0 unspecified atom stereocenters. The third-order valence-corrected chi connectivity index (χ3v) is 8.81. The molecule has 0 radical (unpaired) electrons. The lowest BCUT2D eigenvalue weighted by atomic mass is 10.0. The molecule has 0 saturated heterocycles. The average Bonchev–Trinajstić information content (AvgIpc) is 3.43. The molecular weight excluding hydrogens is 632 g/mol. The van der Waals surface area contributed by atoms with Crippen molar-refractivity contribution in [3.63, 3.8) is 0 Å². The van der Waals surface area contributed by atoms with Crippen LogP contribution in [0.15, 0.2) is 136 Å². The molecule has 1 aliphatic carbocycles. The van der Waals surface area contributed by atoms with Gasteiger partial charge in [0.15, 0.2) is 5.78 Å². The van der Waals surface area contributed by atoms with Crippen LogP contribution in [0.25, 0.3) is 17.2 Å². The van der Waals surface area contributed by atoms with Gasteiger partial charge in [0, 0.05) is 26.2 Å². The SMILES string of the molecule is O=C(Nc1cccc(SCC(=O)c2ccc3c(c2)Cc2ccccc2-3)c1)/C(=C/c1ccc(Br)cc1)NC(=O)c1ccccc1. The number of Topliss-reactive ketones (excluding diaryl/α,β-unsaturated/α-hetero) is 1. The van der Waals surface area contributed by atoms with Crippen LogP contribution in [0.2, 0.25) is 0 Å². The van der Waals surface area contributed by atoms with E-state index in [9.17, 15) is 14.4 Å². The highest BCUT2D eigenvalue weighted by Gasteiger charge is 2.20. The fraction of sp³-hybridized carbons (Fsp3) is 0.0541. The predicted octanol–water partition coefficient (Wildman–Crippen LogP) is 8.40. The minimum Gasteiger partial charge on any atom is -0.321 e. The number of hydrogen-bond donors (Lipinski definition) is 2. The lowest BCUT2D eigenvalue weighted by Gasteiger charge is -2.12. The summed E-state index contributed by atoms with van der Waals surface area (Å²) < 4.78 is 0.906. The molecule has 5 aromatic carbocycles. The zero-order valence-corrected chi connectivity index (χ0v) is 26.0. The smallest absolute Gasteiger partial charge is 0.272 e. The van der Waals surface area contributed by atoms with Crippen molar-refractivity contribution in [2.75, 3.05) is 11.1 Å². The van der Waals surface area contributed by atoms with E-state index in [1.54, 1.807) is 36.4 Å². The van der Waals surface area contributed by atoms with Crippen molar-refractivity contribution < 1.29 is 14.4 Å². The Balaban J connectivity index is 1.13. The highest BCUT2D eigenvalue weighted by atomic mass is 79.9. The summed E-state index contributed by atoms with van der Waals surface area (Å²) in [5, 5.41) is 5.66. The Labute approximate surface area is 268 Å². The summed E-state index contributed by atoms with van der Waals surface area (Å²) in [6.45, 7) is 0. The van der Waals surface area contributed by atoms with E-state index in [-0.39, 0.29) is 23.1 Å². The molecule has 0 saturated carbocycles. The van der Waals surface area contributed by atoms with Crippen molar-refractivity contribution >= 4 is 57.1 Å². The van der Waals surface area contributed by atoms with Crippen LogP contribution < -0.4 is 10.6 Å². The van der Waals surface area contributed by atoms with E-state index in [1.165, 1.54) is 34.0 Å². The van der Waals surface area contributed by atoms with Gasteiger partial charge in [0.25, 0.3) is 11.8 Å². The zero-order chi connectivity index (χ0) is 30.5. The summed E-state index contributed by atoms with van der Waals surface area (Å²) in [4.78, 5) is 40.3. The molecule has 0 fully saturated rings. The molecule has 44 heavy (non-hydrogen) atoms. The van der Waals surface area contributed by atoms with Gasteiger partial charge in [-0.05, 0) is 88.8 Å². The molecular formula is C37H27BrN2O3S. The Hall–Kier alpha value is -4.72. The van der Waals surface area contributed by atoms with Gasteiger partial charge >= 0.3 is 0 Å². The molecule has 5 aromatic rings. The molecule has 0 aromatic heterocycles. The highest BCUT2D eigenvalue weighted by molar-refractivity contribution is 9.10. The molecule has 5 nitrogen and oxygen atoms in total. The standard InChI is InChI=1S/C37H27BrN2O3S/c38-29-16-13-24(14-17-29)19-34(40-36(42)25-7-2-1-3-8-25)37(43)39-30-10-6-11-31(22-30)44-23-35(41)27-15-18-33-28(21-27)20-26-9-4-5-12-32(26)33/h1-19,21-22H,20,23H2,(H,39,43)(H,40,42)/b34-19-. The van der Waals surface area contributed by atoms with Crippen LogP contribution in [0.5, 0.6) is 0 Å². The molecule has 2 N–H and O–H groups in total. The molecule has 0 atom stereocenters. The molecule has 0 heterocycles. The largest absolute Gasteiger partial charge is 0.321 e. The number of carbonyl (C=O) groups excluding carboxylic acids is 3. The number of fused-ring (bicyclic) bond motifs is 3. The maximum absolute atomic E-state index is 13.4. The quantitative estimate of drug-likeness (QED) is 0.0929. The Bertz CT molecular complexity index is 1900. The van der Waals surface area contributed by atoms with Crippen LogP contribution in [0.1, 0.15) is 37.4 Å². The Kier molecular flexibility index (Phi) is 8.86. The third-order valence-electron chi connectivity index (χ3n) is 7.29. The lowest BCUT2D eigenvalue weighted by Crippen LogP contribution is -2.30. The molecule has 6 rings (SSSR count). The van der Waals surface area contributed by atoms with E-state index in [1.807, 2.05) is 78.9 Å². The summed E-state index contributed by atoms with van der Waals surface area (Å²) in [5.41, 5.74) is 7.46. The van der Waals surface area contributed by atoms with Gasteiger partial charge in [0.05, 0.1) is 5.75 Å². The van der Waals surface area contributed by atoms with Crippen molar-refractivity contribution in [3.8, 4) is 11.1 Å². The first-order valence-electron chi connectivity index (χ1n) is 14.1. The van der Waals surface area contributed by atoms with Crippen LogP contribution in [-0.4, -0.2) is 23.4 Å². The molecule has 1 aliphatic rings. The predicted molar refractivity (Wildman–Crippen MR) is 181 cm³/mol. The first-order valence-corrected chi connectivity index (χ1v) is 15.8. The minimum absolute atomic E-state index is 0.0477. The molecule has 2 amide bonds. The summed E-state index contributed by atoms with van der Waals surface area (Å²) in [7, 11) is 0. The van der Waals surface area contributed by atoms with E-state index in [2.05, 4.69) is 38.7 Å². The molecule has 0 aliphatic heterocycles. The van der Waals surface area contributed by atoms with Gasteiger partial charge in [-0.15, -0.1) is 11.8 Å². The number of halogens is 1. The van der Waals surface area contributed by atoms with Crippen LogP contribution in [-0.2, 0) is 11.2 Å². The number of hydrogen-bond acceptors (Lipinski definition) is 4. The van der Waals surface area contributed by atoms with E-state index in [4.69, 9.17) is 0 Å². The highest BCUT2D eigenvalue weighted by Crippen LogP contribution is 2.37. The number of thioether (sulfide) groups is 1. The second-order valence-corrected chi connectivity index (χ2v) is 12.3. The maximum atomic E-state index is 13.4. The number of anilines is 1. The van der Waals surface area contributed by atoms with Gasteiger partial charge in [-0.3, -0.25) is 14.4 Å². The van der Waals surface area contributed by atoms with Crippen LogP contribution in [0.4, 0.5) is 5.69 Å². The number of rotatable bonds is 9. The second kappa shape index (κ2) is 13.3. The van der Waals surface area contributed by atoms with Gasteiger partial charge < -0.3 is 10.6 Å². The van der Waals surface area contributed by atoms with Gasteiger partial charge in [0.1, 0.15) is 5.70 Å². The van der Waals surface area contributed by atoms with Crippen molar-refractivity contribution in [3.05, 3.63) is 159 Å². The topological polar surface area (TPSA) is 75.3 Å². The first-order chi connectivity index (χ1) is 21.4. The third kappa shape index (κ3) is 6.91. The van der Waals surface area contributed by atoms with Gasteiger partial charge in [-0.2, -0.15) is 0 Å². The molecule has 7 heteroatoms. The van der Waals surface area contributed by atoms with Crippen LogP contribution in [0.3, 0.4) is 0 Å². The van der Waals surface area contributed by atoms with Gasteiger partial charge in [-0.1, -0.05) is 88.7 Å². The van der Waals surface area contributed by atoms with E-state index < -0.39 is 5.91 Å². The van der Waals surface area contributed by atoms with Gasteiger partial charge in [-0.25, -0.2) is 0 Å². The van der Waals surface area contributed by atoms with Crippen LogP contribution >= 0.6 is 27.7 Å². The minimum atomic E-state index is -0.463. The van der Waals surface area contributed by atoms with Crippen molar-refractivity contribution in [2.45, 2.75) is 11.3 Å². The van der Waals surface area contributed by atoms with E-state index >= 15 is 0 Å². The number of benzene rings is 5. The van der Waals surface area contributed by atoms with Crippen molar-refractivity contribution in [2.24, 2.45) is 0 Å². The van der Waals surface area contributed by atoms with E-state index in [0.717, 1.165) is 21.4 Å². The Morgan fingerprint density at radius 3 is 2.30 bits per heavy atom. The molecule has 0 spiro atoms. The monoisotopic (exact) mass is 658 g/mol. The summed E-state index contributed by atoms with van der Waals surface area (Å²) in [6.07, 6.45) is 2.47. The fourth-order valence-corrected chi connectivity index (χ4v) is 6.19. The Morgan fingerprint density at radius 1 is 0.727 bits per heavy atom. The average molecular weight is 660 g/mol. The Morgan fingerprint density at radius 2 is 1.48 bits per heavy atom. The summed E-state index contributed by atoms with van der Waals surface area (Å²) >= 11 is 4.84. The number of ketones is 1. The van der Waals surface area contributed by atoms with Crippen LogP contribution in [0, 0.1) is 0 Å². The van der Waals surface area contributed by atoms with Gasteiger partial charge in [0.2, 0.25) is 0 Å². The second-order valence-electron chi connectivity index (χ2n) is 10.3. The van der Waals surface area contributed by atoms with Crippen molar-refractivity contribution in [1.82, 2.24) is 5.32 Å². The van der Waals surface area contributed by atoms with E-state index in [0.29, 0.717) is 16.8 Å². The molecule has 216 valence electrons. The zero-order valence-electron chi connectivity index (χ0n) is 23.5. The first kappa shape index (κ1) is 29.4. The normalized spacial score (nSPS) is 11.8. The number of carbonyl (C=O) groups is 3. The summed E-state index contributed by atoms with van der Waals surface area (Å²) in [5.74, 6) is -0.534. The maximum Gasteiger partial charge on any atom is 0.272 e. The van der Waals surface area contributed by atoms with Crippen molar-refractivity contribution in [1.29, 1.82) is 0 Å². The number of amides is 2. The number of nitrogens with one attached hydrogen (secondary N) is 2. The molecule has 0 bridgehead atoms. The lowest BCUT2D eigenvalue weighted by molar-refractivity contribution is -0.113. The summed E-state index contributed by atoms with van der Waals surface area (Å²) in [6, 6.07) is 37.8.